The number of anilines is 1. The Kier molecular flexibility index (Phi) is 4.26. The fourth-order valence-electron chi connectivity index (χ4n) is 3.91. The highest BCUT2D eigenvalue weighted by molar-refractivity contribution is 5.46. The molecule has 0 spiro atoms. The number of nitrogens with one attached hydrogen (secondary N) is 1. The molecule has 0 amide bonds. The molecule has 2 N–H and O–H groups in total. The number of benzene rings is 1. The van der Waals surface area contributed by atoms with Crippen molar-refractivity contribution in [2.24, 2.45) is 5.41 Å². The third-order valence-corrected chi connectivity index (χ3v) is 5.50. The molecule has 1 aromatic carbocycles. The maximum atomic E-state index is 9.59. The molecule has 2 heteroatoms. The highest BCUT2D eigenvalue weighted by atomic mass is 16.3. The summed E-state index contributed by atoms with van der Waals surface area (Å²) in [4.78, 5) is 0. The summed E-state index contributed by atoms with van der Waals surface area (Å²) in [5.41, 5.74) is 3.25. The van der Waals surface area contributed by atoms with Gasteiger partial charge in [-0.15, -0.1) is 0 Å². The van der Waals surface area contributed by atoms with Crippen LogP contribution in [0, 0.1) is 5.41 Å². The van der Waals surface area contributed by atoms with Gasteiger partial charge in [-0.2, -0.15) is 0 Å². The summed E-state index contributed by atoms with van der Waals surface area (Å²) in [6.07, 6.45) is 8.15. The molecule has 2 nitrogen and oxygen atoms in total. The highest BCUT2D eigenvalue weighted by Crippen LogP contribution is 2.42. The minimum Gasteiger partial charge on any atom is -0.393 e. The molecule has 21 heavy (non-hydrogen) atoms. The lowest BCUT2D eigenvalue weighted by molar-refractivity contribution is 0.182. The zero-order chi connectivity index (χ0) is 14.9. The van der Waals surface area contributed by atoms with Crippen molar-refractivity contribution in [1.29, 1.82) is 0 Å². The molecule has 0 heterocycles. The van der Waals surface area contributed by atoms with Gasteiger partial charge in [-0.25, -0.2) is 0 Å². The lowest BCUT2D eigenvalue weighted by atomic mass is 9.71. The van der Waals surface area contributed by atoms with Crippen LogP contribution >= 0.6 is 0 Å². The zero-order valence-corrected chi connectivity index (χ0v) is 13.4. The predicted molar refractivity (Wildman–Crippen MR) is 88.7 cm³/mol. The Hall–Kier alpha value is -1.02. The van der Waals surface area contributed by atoms with E-state index in [1.165, 1.54) is 36.9 Å². The van der Waals surface area contributed by atoms with E-state index >= 15 is 0 Å². The second kappa shape index (κ2) is 6.00. The SMILES string of the molecule is CC1(C)CCC(c2ccc(NC3CCC(O)C3)cc2)CC1. The molecule has 2 fully saturated rings. The topological polar surface area (TPSA) is 32.3 Å². The highest BCUT2D eigenvalue weighted by Gasteiger charge is 2.27. The summed E-state index contributed by atoms with van der Waals surface area (Å²) < 4.78 is 0. The van der Waals surface area contributed by atoms with E-state index in [1.807, 2.05) is 0 Å². The van der Waals surface area contributed by atoms with Crippen molar-refractivity contribution in [3.63, 3.8) is 0 Å². The first kappa shape index (κ1) is 14.9. The molecular formula is C19H29NO. The van der Waals surface area contributed by atoms with E-state index < -0.39 is 0 Å². The Morgan fingerprint density at radius 1 is 1.00 bits per heavy atom. The first-order valence-corrected chi connectivity index (χ1v) is 8.56. The summed E-state index contributed by atoms with van der Waals surface area (Å²) in [5.74, 6) is 0.750. The standard InChI is InChI=1S/C19H29NO/c1-19(2)11-9-15(10-12-19)14-3-5-16(6-4-14)20-17-7-8-18(21)13-17/h3-6,15,17-18,20-21H,7-13H2,1-2H3. The summed E-state index contributed by atoms with van der Waals surface area (Å²) >= 11 is 0. The van der Waals surface area contributed by atoms with Crippen molar-refractivity contribution in [2.45, 2.75) is 76.9 Å². The van der Waals surface area contributed by atoms with Gasteiger partial charge in [0.05, 0.1) is 6.10 Å². The summed E-state index contributed by atoms with van der Waals surface area (Å²) in [5, 5.41) is 13.1. The van der Waals surface area contributed by atoms with Crippen LogP contribution in [0.15, 0.2) is 24.3 Å². The predicted octanol–water partition coefficient (Wildman–Crippen LogP) is 4.70. The molecule has 0 radical (unpaired) electrons. The Balaban J connectivity index is 1.57. The van der Waals surface area contributed by atoms with Crippen LogP contribution in [0.3, 0.4) is 0 Å². The third kappa shape index (κ3) is 3.79. The zero-order valence-electron chi connectivity index (χ0n) is 13.4. The maximum absolute atomic E-state index is 9.59. The average Bonchev–Trinajstić information content (AvgIpc) is 2.85. The van der Waals surface area contributed by atoms with Crippen LogP contribution < -0.4 is 5.32 Å². The fraction of sp³-hybridized carbons (Fsp3) is 0.684. The average molecular weight is 287 g/mol. The molecule has 0 aromatic heterocycles. The molecule has 1 aromatic rings. The number of aliphatic hydroxyl groups excluding tert-OH is 1. The van der Waals surface area contributed by atoms with Crippen LogP contribution in [0.4, 0.5) is 5.69 Å². The van der Waals surface area contributed by atoms with Gasteiger partial charge in [0.1, 0.15) is 0 Å². The molecule has 2 aliphatic carbocycles. The minimum absolute atomic E-state index is 0.104. The van der Waals surface area contributed by atoms with Gasteiger partial charge in [0, 0.05) is 11.7 Å². The van der Waals surface area contributed by atoms with Gasteiger partial charge in [-0.1, -0.05) is 26.0 Å². The Labute approximate surface area is 129 Å². The van der Waals surface area contributed by atoms with Gasteiger partial charge in [-0.3, -0.25) is 0 Å². The number of aliphatic hydroxyl groups is 1. The molecule has 3 rings (SSSR count). The lowest BCUT2D eigenvalue weighted by Crippen LogP contribution is -2.20. The van der Waals surface area contributed by atoms with Crippen LogP contribution in [-0.2, 0) is 0 Å². The normalized spacial score (nSPS) is 29.5. The van der Waals surface area contributed by atoms with Crippen molar-refractivity contribution in [3.8, 4) is 0 Å². The van der Waals surface area contributed by atoms with E-state index in [9.17, 15) is 5.11 Å². The molecule has 2 aliphatic rings. The molecule has 0 bridgehead atoms. The summed E-state index contributed by atoms with van der Waals surface area (Å²) in [6, 6.07) is 9.49. The van der Waals surface area contributed by atoms with Gasteiger partial charge in [0.25, 0.3) is 0 Å². The first-order chi connectivity index (χ1) is 10.0. The lowest BCUT2D eigenvalue weighted by Gasteiger charge is -2.34. The van der Waals surface area contributed by atoms with Gasteiger partial charge in [-0.05, 0) is 74.0 Å². The Morgan fingerprint density at radius 3 is 2.24 bits per heavy atom. The number of rotatable bonds is 3. The van der Waals surface area contributed by atoms with Crippen molar-refractivity contribution in [3.05, 3.63) is 29.8 Å². The van der Waals surface area contributed by atoms with Gasteiger partial charge >= 0.3 is 0 Å². The molecular weight excluding hydrogens is 258 g/mol. The van der Waals surface area contributed by atoms with Gasteiger partial charge in [0.2, 0.25) is 0 Å². The van der Waals surface area contributed by atoms with Crippen molar-refractivity contribution >= 4 is 5.69 Å². The summed E-state index contributed by atoms with van der Waals surface area (Å²) in [6.45, 7) is 4.79. The van der Waals surface area contributed by atoms with Gasteiger partial charge < -0.3 is 10.4 Å². The Morgan fingerprint density at radius 2 is 1.67 bits per heavy atom. The van der Waals surface area contributed by atoms with Crippen molar-refractivity contribution in [1.82, 2.24) is 0 Å². The quantitative estimate of drug-likeness (QED) is 0.845. The van der Waals surface area contributed by atoms with E-state index in [4.69, 9.17) is 0 Å². The first-order valence-electron chi connectivity index (χ1n) is 8.56. The van der Waals surface area contributed by atoms with Crippen molar-refractivity contribution < 1.29 is 5.11 Å². The van der Waals surface area contributed by atoms with Crippen LogP contribution in [0.1, 0.15) is 70.3 Å². The van der Waals surface area contributed by atoms with E-state index in [-0.39, 0.29) is 6.10 Å². The molecule has 0 saturated heterocycles. The molecule has 2 unspecified atom stereocenters. The summed E-state index contributed by atoms with van der Waals surface area (Å²) in [7, 11) is 0. The molecule has 2 saturated carbocycles. The van der Waals surface area contributed by atoms with E-state index in [0.29, 0.717) is 11.5 Å². The molecule has 116 valence electrons. The molecule has 0 aliphatic heterocycles. The van der Waals surface area contributed by atoms with E-state index in [2.05, 4.69) is 43.4 Å². The third-order valence-electron chi connectivity index (χ3n) is 5.50. The van der Waals surface area contributed by atoms with Crippen LogP contribution in [0.25, 0.3) is 0 Å². The van der Waals surface area contributed by atoms with Gasteiger partial charge in [0.15, 0.2) is 0 Å². The van der Waals surface area contributed by atoms with Crippen molar-refractivity contribution in [2.75, 3.05) is 5.32 Å². The maximum Gasteiger partial charge on any atom is 0.0560 e. The smallest absolute Gasteiger partial charge is 0.0560 e. The Bertz CT molecular complexity index is 455. The minimum atomic E-state index is -0.104. The van der Waals surface area contributed by atoms with Crippen LogP contribution in [-0.4, -0.2) is 17.3 Å². The fourth-order valence-corrected chi connectivity index (χ4v) is 3.91. The van der Waals surface area contributed by atoms with Crippen LogP contribution in [0.2, 0.25) is 0 Å². The second-order valence-electron chi connectivity index (χ2n) is 7.87. The van der Waals surface area contributed by atoms with Crippen LogP contribution in [0.5, 0.6) is 0 Å². The number of hydrogen-bond acceptors (Lipinski definition) is 2. The number of hydrogen-bond donors (Lipinski definition) is 2. The monoisotopic (exact) mass is 287 g/mol. The van der Waals surface area contributed by atoms with E-state index in [1.54, 1.807) is 0 Å². The van der Waals surface area contributed by atoms with E-state index in [0.717, 1.165) is 25.2 Å². The largest absolute Gasteiger partial charge is 0.393 e. The molecule has 2 atom stereocenters. The second-order valence-corrected chi connectivity index (χ2v) is 7.87.